The Morgan fingerprint density at radius 2 is 1.81 bits per heavy atom. The summed E-state index contributed by atoms with van der Waals surface area (Å²) in [5.74, 6) is 1.71. The number of methoxy groups -OCH3 is 1. The summed E-state index contributed by atoms with van der Waals surface area (Å²) in [6, 6.07) is 5.31. The van der Waals surface area contributed by atoms with Gasteiger partial charge in [0, 0.05) is 11.5 Å². The summed E-state index contributed by atoms with van der Waals surface area (Å²) in [5, 5.41) is 0.497. The number of benzene rings is 1. The van der Waals surface area contributed by atoms with Crippen LogP contribution >= 0.6 is 11.6 Å². The van der Waals surface area contributed by atoms with Crippen molar-refractivity contribution in [2.75, 3.05) is 7.11 Å². The molecule has 1 fully saturated rings. The Hall–Kier alpha value is -1.02. The molecule has 0 saturated heterocycles. The van der Waals surface area contributed by atoms with Gasteiger partial charge in [-0.3, -0.25) is 4.79 Å². The fraction of sp³-hybridized carbons (Fsp3) is 0.611. The highest BCUT2D eigenvalue weighted by Gasteiger charge is 2.33. The van der Waals surface area contributed by atoms with E-state index in [-0.39, 0.29) is 11.7 Å². The Morgan fingerprint density at radius 1 is 1.19 bits per heavy atom. The molecule has 0 spiro atoms. The Morgan fingerprint density at radius 3 is 2.29 bits per heavy atom. The molecule has 2 rings (SSSR count). The van der Waals surface area contributed by atoms with Crippen molar-refractivity contribution in [1.82, 2.24) is 0 Å². The number of ketones is 1. The van der Waals surface area contributed by atoms with E-state index >= 15 is 0 Å². The molecule has 0 N–H and O–H groups in total. The van der Waals surface area contributed by atoms with Crippen LogP contribution in [0.1, 0.15) is 56.8 Å². The van der Waals surface area contributed by atoms with Crippen LogP contribution in [0.5, 0.6) is 5.75 Å². The van der Waals surface area contributed by atoms with Gasteiger partial charge in [-0.2, -0.15) is 0 Å². The van der Waals surface area contributed by atoms with E-state index in [2.05, 4.69) is 20.8 Å². The minimum atomic E-state index is 0.120. The molecule has 0 aliphatic heterocycles. The number of carbonyl (C=O) groups excluding carboxylic acids is 1. The van der Waals surface area contributed by atoms with Crippen LogP contribution < -0.4 is 4.74 Å². The first kappa shape index (κ1) is 16.4. The molecule has 1 aromatic rings. The topological polar surface area (TPSA) is 26.3 Å². The molecule has 0 aromatic heterocycles. The molecule has 0 unspecified atom stereocenters. The molecule has 0 heterocycles. The van der Waals surface area contributed by atoms with Crippen molar-refractivity contribution < 1.29 is 9.53 Å². The molecule has 0 radical (unpaired) electrons. The summed E-state index contributed by atoms with van der Waals surface area (Å²) in [6.07, 6.45) is 4.22. The van der Waals surface area contributed by atoms with Crippen molar-refractivity contribution in [3.8, 4) is 5.75 Å². The maximum absolute atomic E-state index is 12.7. The number of hydrogen-bond donors (Lipinski definition) is 0. The summed E-state index contributed by atoms with van der Waals surface area (Å²) in [6.45, 7) is 6.88. The molecule has 1 saturated carbocycles. The lowest BCUT2D eigenvalue weighted by Gasteiger charge is -2.36. The second-order valence-corrected chi connectivity index (χ2v) is 7.53. The van der Waals surface area contributed by atoms with Crippen molar-refractivity contribution in [3.63, 3.8) is 0 Å². The molecule has 1 aliphatic carbocycles. The van der Waals surface area contributed by atoms with Crippen LogP contribution in [0, 0.1) is 17.3 Å². The summed E-state index contributed by atoms with van der Waals surface area (Å²) in [5.41, 5.74) is 0.975. The van der Waals surface area contributed by atoms with Crippen molar-refractivity contribution in [3.05, 3.63) is 28.8 Å². The normalized spacial score (nSPS) is 22.9. The van der Waals surface area contributed by atoms with Gasteiger partial charge in [0.15, 0.2) is 5.78 Å². The van der Waals surface area contributed by atoms with Gasteiger partial charge in [0.1, 0.15) is 5.75 Å². The van der Waals surface area contributed by atoms with Gasteiger partial charge in [-0.15, -0.1) is 0 Å². The predicted octanol–water partition coefficient (Wildman–Crippen LogP) is 5.38. The maximum Gasteiger partial charge on any atom is 0.167 e. The van der Waals surface area contributed by atoms with E-state index in [4.69, 9.17) is 16.3 Å². The molecule has 0 amide bonds. The van der Waals surface area contributed by atoms with Crippen LogP contribution in [0.2, 0.25) is 5.02 Å². The van der Waals surface area contributed by atoms with E-state index in [9.17, 15) is 4.79 Å². The van der Waals surface area contributed by atoms with Crippen LogP contribution in [0.25, 0.3) is 0 Å². The minimum absolute atomic E-state index is 0.120. The molecule has 0 bridgehead atoms. The van der Waals surface area contributed by atoms with Crippen molar-refractivity contribution >= 4 is 17.4 Å². The van der Waals surface area contributed by atoms with E-state index < -0.39 is 0 Å². The maximum atomic E-state index is 12.7. The molecule has 1 aliphatic rings. The monoisotopic (exact) mass is 308 g/mol. The van der Waals surface area contributed by atoms with Gasteiger partial charge >= 0.3 is 0 Å². The second kappa shape index (κ2) is 6.39. The SMILES string of the molecule is COc1ccc(C(=O)C2CCC(C(C)(C)C)CC2)c(Cl)c1. The smallest absolute Gasteiger partial charge is 0.167 e. The van der Waals surface area contributed by atoms with E-state index in [1.54, 1.807) is 25.3 Å². The molecule has 3 heteroatoms. The van der Waals surface area contributed by atoms with Crippen molar-refractivity contribution in [2.45, 2.75) is 46.5 Å². The first-order valence-electron chi connectivity index (χ1n) is 7.70. The van der Waals surface area contributed by atoms with Gasteiger partial charge in [-0.05, 0) is 55.2 Å². The number of halogens is 1. The Kier molecular flexibility index (Phi) is 4.98. The molecule has 0 atom stereocenters. The van der Waals surface area contributed by atoms with Crippen molar-refractivity contribution in [1.29, 1.82) is 0 Å². The van der Waals surface area contributed by atoms with Crippen LogP contribution in [0.4, 0.5) is 0 Å². The first-order valence-corrected chi connectivity index (χ1v) is 8.08. The third-order valence-electron chi connectivity index (χ3n) is 4.76. The second-order valence-electron chi connectivity index (χ2n) is 7.12. The lowest BCUT2D eigenvalue weighted by molar-refractivity contribution is 0.0819. The van der Waals surface area contributed by atoms with Gasteiger partial charge in [0.2, 0.25) is 0 Å². The summed E-state index contributed by atoms with van der Waals surface area (Å²) in [7, 11) is 1.60. The molecule has 21 heavy (non-hydrogen) atoms. The number of rotatable bonds is 3. The molecule has 116 valence electrons. The van der Waals surface area contributed by atoms with Crippen LogP contribution in [-0.4, -0.2) is 12.9 Å². The van der Waals surface area contributed by atoms with E-state index in [0.717, 1.165) is 25.7 Å². The zero-order valence-electron chi connectivity index (χ0n) is 13.4. The number of ether oxygens (including phenoxy) is 1. The minimum Gasteiger partial charge on any atom is -0.497 e. The third-order valence-corrected chi connectivity index (χ3v) is 5.08. The van der Waals surface area contributed by atoms with Gasteiger partial charge in [0.05, 0.1) is 12.1 Å². The van der Waals surface area contributed by atoms with E-state index in [1.807, 2.05) is 0 Å². The van der Waals surface area contributed by atoms with Crippen LogP contribution in [0.3, 0.4) is 0 Å². The zero-order valence-corrected chi connectivity index (χ0v) is 14.2. The molecular weight excluding hydrogens is 284 g/mol. The zero-order chi connectivity index (χ0) is 15.6. The van der Waals surface area contributed by atoms with Gasteiger partial charge in [0.25, 0.3) is 0 Å². The Balaban J connectivity index is 2.05. The van der Waals surface area contributed by atoms with Gasteiger partial charge < -0.3 is 4.74 Å². The standard InChI is InChI=1S/C18H25ClO2/c1-18(2,3)13-7-5-12(6-8-13)17(20)15-10-9-14(21-4)11-16(15)19/h9-13H,5-8H2,1-4H3. The average molecular weight is 309 g/mol. The Labute approximate surface area is 132 Å². The quantitative estimate of drug-likeness (QED) is 0.700. The highest BCUT2D eigenvalue weighted by Crippen LogP contribution is 2.41. The number of carbonyl (C=O) groups is 1. The van der Waals surface area contributed by atoms with Gasteiger partial charge in [-0.25, -0.2) is 0 Å². The lowest BCUT2D eigenvalue weighted by Crippen LogP contribution is -2.29. The third kappa shape index (κ3) is 3.79. The van der Waals surface area contributed by atoms with E-state index in [1.165, 1.54) is 0 Å². The highest BCUT2D eigenvalue weighted by molar-refractivity contribution is 6.34. The summed E-state index contributed by atoms with van der Waals surface area (Å²) >= 11 is 6.22. The van der Waals surface area contributed by atoms with Crippen LogP contribution in [-0.2, 0) is 0 Å². The fourth-order valence-electron chi connectivity index (χ4n) is 3.26. The summed E-state index contributed by atoms with van der Waals surface area (Å²) in [4.78, 5) is 12.7. The van der Waals surface area contributed by atoms with Crippen LogP contribution in [0.15, 0.2) is 18.2 Å². The Bertz CT molecular complexity index is 508. The largest absolute Gasteiger partial charge is 0.497 e. The van der Waals surface area contributed by atoms with Crippen molar-refractivity contribution in [2.24, 2.45) is 17.3 Å². The van der Waals surface area contributed by atoms with Gasteiger partial charge in [-0.1, -0.05) is 32.4 Å². The molecule has 2 nitrogen and oxygen atoms in total. The lowest BCUT2D eigenvalue weighted by atomic mass is 9.69. The molecule has 1 aromatic carbocycles. The number of Topliss-reactive ketones (excluding diaryl/α,β-unsaturated/α-hetero) is 1. The van der Waals surface area contributed by atoms with E-state index in [0.29, 0.717) is 27.7 Å². The first-order chi connectivity index (χ1) is 9.82. The fourth-order valence-corrected chi connectivity index (χ4v) is 3.53. The summed E-state index contributed by atoms with van der Waals surface area (Å²) < 4.78 is 5.13. The average Bonchev–Trinajstić information content (AvgIpc) is 2.45. The molecular formula is C18H25ClO2. The number of hydrogen-bond acceptors (Lipinski definition) is 2. The highest BCUT2D eigenvalue weighted by atomic mass is 35.5. The predicted molar refractivity (Wildman–Crippen MR) is 87.2 cm³/mol.